The maximum Gasteiger partial charge on any atom is 0.280 e. The van der Waals surface area contributed by atoms with Gasteiger partial charge in [0.1, 0.15) is 21.2 Å². The fourth-order valence-corrected chi connectivity index (χ4v) is 5.73. The Morgan fingerprint density at radius 2 is 1.92 bits per heavy atom. The molecule has 0 radical (unpaired) electrons. The van der Waals surface area contributed by atoms with Crippen molar-refractivity contribution in [1.29, 1.82) is 0 Å². The molecule has 5 aromatic rings. The Bertz CT molecular complexity index is 1660. The van der Waals surface area contributed by atoms with Gasteiger partial charge >= 0.3 is 0 Å². The quantitative estimate of drug-likeness (QED) is 0.220. The predicted molar refractivity (Wildman–Crippen MR) is 143 cm³/mol. The second kappa shape index (κ2) is 10.5. The van der Waals surface area contributed by atoms with E-state index < -0.39 is 23.9 Å². The average molecular weight is 574 g/mol. The number of nitrogens with one attached hydrogen (secondary N) is 1. The van der Waals surface area contributed by atoms with Crippen molar-refractivity contribution >= 4 is 62.0 Å². The summed E-state index contributed by atoms with van der Waals surface area (Å²) in [6.45, 7) is 1.92. The molecule has 0 aliphatic rings. The highest BCUT2D eigenvalue weighted by Crippen LogP contribution is 2.44. The number of pyridine rings is 1. The van der Waals surface area contributed by atoms with E-state index in [4.69, 9.17) is 22.1 Å². The number of thiophene rings is 2. The number of aromatic nitrogens is 3. The van der Waals surface area contributed by atoms with Gasteiger partial charge in [-0.1, -0.05) is 11.6 Å². The van der Waals surface area contributed by atoms with Crippen LogP contribution < -0.4 is 15.8 Å². The molecule has 0 aliphatic carbocycles. The van der Waals surface area contributed by atoms with E-state index in [9.17, 15) is 18.4 Å². The van der Waals surface area contributed by atoms with Crippen molar-refractivity contribution in [2.24, 2.45) is 5.73 Å². The van der Waals surface area contributed by atoms with Crippen LogP contribution in [0.1, 0.15) is 37.2 Å². The van der Waals surface area contributed by atoms with Crippen LogP contribution in [0.5, 0.6) is 5.75 Å². The molecular weight excluding hydrogens is 556 g/mol. The Morgan fingerprint density at radius 1 is 1.16 bits per heavy atom. The largest absolute Gasteiger partial charge is 0.471 e. The monoisotopic (exact) mass is 573 g/mol. The smallest absolute Gasteiger partial charge is 0.280 e. The number of anilines is 1. The summed E-state index contributed by atoms with van der Waals surface area (Å²) < 4.78 is 34.3. The molecule has 0 fully saturated rings. The Morgan fingerprint density at radius 3 is 2.58 bits per heavy atom. The lowest BCUT2D eigenvalue weighted by molar-refractivity contribution is 0.100. The molecule has 5 rings (SSSR count). The average Bonchev–Trinajstić information content (AvgIpc) is 3.62. The van der Waals surface area contributed by atoms with Gasteiger partial charge in [-0.3, -0.25) is 9.59 Å². The Kier molecular flexibility index (Phi) is 7.11. The number of benzene rings is 1. The lowest BCUT2D eigenvalue weighted by Crippen LogP contribution is -2.17. The minimum Gasteiger partial charge on any atom is -0.471 e. The van der Waals surface area contributed by atoms with Crippen molar-refractivity contribution in [3.05, 3.63) is 80.9 Å². The van der Waals surface area contributed by atoms with Crippen LogP contribution in [0.2, 0.25) is 5.02 Å². The number of hydrogen-bond acceptors (Lipinski definition) is 7. The molecule has 0 unspecified atom stereocenters. The first-order chi connectivity index (χ1) is 18.2. The van der Waals surface area contributed by atoms with Crippen molar-refractivity contribution in [1.82, 2.24) is 14.8 Å². The molecule has 3 N–H and O–H groups in total. The first-order valence-corrected chi connectivity index (χ1v) is 13.1. The van der Waals surface area contributed by atoms with Gasteiger partial charge in [-0.25, -0.2) is 18.4 Å². The van der Waals surface area contributed by atoms with Gasteiger partial charge in [0.05, 0.1) is 5.69 Å². The highest BCUT2D eigenvalue weighted by Gasteiger charge is 2.26. The van der Waals surface area contributed by atoms with E-state index in [1.165, 1.54) is 28.2 Å². The van der Waals surface area contributed by atoms with Crippen LogP contribution in [-0.4, -0.2) is 26.6 Å². The van der Waals surface area contributed by atoms with Crippen molar-refractivity contribution in [2.45, 2.75) is 20.1 Å². The summed E-state index contributed by atoms with van der Waals surface area (Å²) >= 11 is 8.11. The topological polar surface area (TPSA) is 112 Å². The summed E-state index contributed by atoms with van der Waals surface area (Å²) in [5.41, 5.74) is 5.73. The molecule has 0 spiro atoms. The highest BCUT2D eigenvalue weighted by atomic mass is 35.5. The number of fused-ring (bicyclic) bond motifs is 1. The predicted octanol–water partition coefficient (Wildman–Crippen LogP) is 6.51. The molecule has 4 aromatic heterocycles. The van der Waals surface area contributed by atoms with E-state index in [0.717, 1.165) is 16.2 Å². The van der Waals surface area contributed by atoms with Crippen LogP contribution in [0.15, 0.2) is 54.7 Å². The Balaban J connectivity index is 1.48. The van der Waals surface area contributed by atoms with Gasteiger partial charge < -0.3 is 15.8 Å². The molecule has 4 heterocycles. The lowest BCUT2D eigenvalue weighted by Gasteiger charge is -2.09. The van der Waals surface area contributed by atoms with Crippen molar-refractivity contribution in [2.75, 3.05) is 5.32 Å². The van der Waals surface area contributed by atoms with Crippen LogP contribution in [0, 0.1) is 6.92 Å². The number of nitrogens with zero attached hydrogens (tertiary/aromatic N) is 3. The lowest BCUT2D eigenvalue weighted by atomic mass is 10.1. The van der Waals surface area contributed by atoms with Crippen molar-refractivity contribution in [3.63, 3.8) is 0 Å². The van der Waals surface area contributed by atoms with E-state index in [1.54, 1.807) is 36.5 Å². The van der Waals surface area contributed by atoms with Crippen LogP contribution in [-0.2, 0) is 6.73 Å². The maximum atomic E-state index is 13.6. The van der Waals surface area contributed by atoms with Gasteiger partial charge in [0.2, 0.25) is 0 Å². The number of amides is 2. The number of alkyl halides is 2. The standard InChI is InChI=1S/C25H18ClF2N5O3S2/c1-12-2-7-18(37-12)15-10-17(22(27)28)30-25-19(15)20(21(38-25)23(29)34)31-24(35)16-8-9-33(32-16)11-36-14-5-3-13(26)4-6-14/h2-10,22H,11H2,1H3,(H2,29,34)(H,31,35). The maximum absolute atomic E-state index is 13.6. The van der Waals surface area contributed by atoms with Crippen molar-refractivity contribution in [3.8, 4) is 16.2 Å². The SMILES string of the molecule is Cc1ccc(-c2cc(C(F)F)nc3sc(C(N)=O)c(NC(=O)c4ccn(COc5ccc(Cl)cc5)n4)c23)s1. The van der Waals surface area contributed by atoms with E-state index in [1.807, 2.05) is 13.0 Å². The molecule has 2 amide bonds. The van der Waals surface area contributed by atoms with E-state index in [-0.39, 0.29) is 27.8 Å². The zero-order valence-corrected chi connectivity index (χ0v) is 22.0. The first kappa shape index (κ1) is 25.8. The minimum absolute atomic E-state index is 0.00713. The zero-order valence-electron chi connectivity index (χ0n) is 19.6. The third-order valence-corrected chi connectivity index (χ3v) is 7.81. The third kappa shape index (κ3) is 5.23. The summed E-state index contributed by atoms with van der Waals surface area (Å²) in [5.74, 6) is -0.875. The van der Waals surface area contributed by atoms with Crippen LogP contribution in [0.3, 0.4) is 0 Å². The number of hydrogen-bond donors (Lipinski definition) is 2. The number of ether oxygens (including phenoxy) is 1. The second-order valence-corrected chi connectivity index (χ2v) is 10.8. The summed E-state index contributed by atoms with van der Waals surface area (Å²) in [6.07, 6.45) is -1.27. The van der Waals surface area contributed by atoms with Crippen LogP contribution >= 0.6 is 34.3 Å². The molecule has 194 valence electrons. The summed E-state index contributed by atoms with van der Waals surface area (Å²) in [7, 11) is 0. The Hall–Kier alpha value is -3.87. The summed E-state index contributed by atoms with van der Waals surface area (Å²) in [4.78, 5) is 31.3. The fraction of sp³-hybridized carbons (Fsp3) is 0.120. The molecule has 0 saturated carbocycles. The highest BCUT2D eigenvalue weighted by molar-refractivity contribution is 7.21. The molecule has 38 heavy (non-hydrogen) atoms. The third-order valence-electron chi connectivity index (χ3n) is 5.42. The first-order valence-electron chi connectivity index (χ1n) is 11.0. The van der Waals surface area contributed by atoms with Gasteiger partial charge in [0, 0.05) is 31.9 Å². The van der Waals surface area contributed by atoms with Gasteiger partial charge in [0.25, 0.3) is 18.2 Å². The molecule has 0 atom stereocenters. The van der Waals surface area contributed by atoms with Gasteiger partial charge in [-0.05, 0) is 55.5 Å². The second-order valence-electron chi connectivity index (χ2n) is 8.08. The molecule has 0 bridgehead atoms. The molecule has 0 saturated heterocycles. The fourth-order valence-electron chi connectivity index (χ4n) is 3.70. The number of aryl methyl sites for hydroxylation is 1. The number of primary amides is 1. The van der Waals surface area contributed by atoms with E-state index in [2.05, 4.69) is 15.4 Å². The number of carbonyl (C=O) groups excluding carboxylic acids is 2. The Labute approximate surface area is 227 Å². The summed E-state index contributed by atoms with van der Waals surface area (Å²) in [6, 6.07) is 13.2. The molecule has 1 aromatic carbocycles. The number of halogens is 3. The van der Waals surface area contributed by atoms with Crippen LogP contribution in [0.4, 0.5) is 14.5 Å². The van der Waals surface area contributed by atoms with E-state index >= 15 is 0 Å². The number of carbonyl (C=O) groups is 2. The van der Waals surface area contributed by atoms with Gasteiger partial charge in [0.15, 0.2) is 12.4 Å². The molecular formula is C25H18ClF2N5O3S2. The van der Waals surface area contributed by atoms with Gasteiger partial charge in [-0.2, -0.15) is 5.10 Å². The molecule has 8 nitrogen and oxygen atoms in total. The zero-order chi connectivity index (χ0) is 27.0. The van der Waals surface area contributed by atoms with Gasteiger partial charge in [-0.15, -0.1) is 22.7 Å². The summed E-state index contributed by atoms with van der Waals surface area (Å²) in [5, 5.41) is 7.86. The number of nitrogens with two attached hydrogens (primary N) is 1. The number of rotatable bonds is 8. The van der Waals surface area contributed by atoms with Crippen molar-refractivity contribution < 1.29 is 23.1 Å². The van der Waals surface area contributed by atoms with Crippen LogP contribution in [0.25, 0.3) is 20.7 Å². The normalized spacial score (nSPS) is 11.3. The molecule has 13 heteroatoms. The van der Waals surface area contributed by atoms with E-state index in [0.29, 0.717) is 26.6 Å². The minimum atomic E-state index is -2.82. The molecule has 0 aliphatic heterocycles.